The van der Waals surface area contributed by atoms with Crippen molar-refractivity contribution in [2.75, 3.05) is 26.1 Å². The molecule has 146 valence electrons. The van der Waals surface area contributed by atoms with Crippen molar-refractivity contribution in [3.05, 3.63) is 36.0 Å². The minimum Gasteiger partial charge on any atom is -0.385 e. The molecule has 4 aromatic rings. The maximum absolute atomic E-state index is 5.19. The largest absolute Gasteiger partial charge is 0.385 e. The van der Waals surface area contributed by atoms with Crippen molar-refractivity contribution in [2.24, 2.45) is 12.0 Å². The Hall–Kier alpha value is -3.27. The van der Waals surface area contributed by atoms with Crippen LogP contribution >= 0.6 is 0 Å². The van der Waals surface area contributed by atoms with E-state index < -0.39 is 0 Å². The highest BCUT2D eigenvalue weighted by Crippen LogP contribution is 2.20. The minimum atomic E-state index is 0.517. The van der Waals surface area contributed by atoms with Crippen LogP contribution in [0.1, 0.15) is 12.0 Å². The Balaban J connectivity index is 1.75. The lowest BCUT2D eigenvalue weighted by Gasteiger charge is -2.09. The summed E-state index contributed by atoms with van der Waals surface area (Å²) in [4.78, 5) is 17.9. The zero-order valence-electron chi connectivity index (χ0n) is 16.4. The first-order chi connectivity index (χ1) is 13.6. The van der Waals surface area contributed by atoms with Gasteiger partial charge in [0.1, 0.15) is 11.8 Å². The molecule has 0 amide bonds. The molecule has 0 atom stereocenters. The van der Waals surface area contributed by atoms with Gasteiger partial charge in [-0.05, 0) is 25.0 Å². The summed E-state index contributed by atoms with van der Waals surface area (Å²) in [7, 11) is 5.46. The number of pyridine rings is 1. The maximum Gasteiger partial charge on any atom is 0.229 e. The normalized spacial score (nSPS) is 12.4. The van der Waals surface area contributed by atoms with Gasteiger partial charge < -0.3 is 14.6 Å². The van der Waals surface area contributed by atoms with Crippen molar-refractivity contribution in [1.29, 1.82) is 0 Å². The summed E-state index contributed by atoms with van der Waals surface area (Å²) in [5, 5.41) is 7.49. The quantitative estimate of drug-likeness (QED) is 0.507. The van der Waals surface area contributed by atoms with E-state index in [-0.39, 0.29) is 0 Å². The highest BCUT2D eigenvalue weighted by Gasteiger charge is 2.13. The Morgan fingerprint density at radius 2 is 2.14 bits per heavy atom. The highest BCUT2D eigenvalue weighted by atomic mass is 16.5. The van der Waals surface area contributed by atoms with E-state index in [0.717, 1.165) is 46.6 Å². The van der Waals surface area contributed by atoms with Crippen molar-refractivity contribution in [3.63, 3.8) is 0 Å². The monoisotopic (exact) mass is 381 g/mol. The third-order valence-electron chi connectivity index (χ3n) is 4.71. The lowest BCUT2D eigenvalue weighted by molar-refractivity contribution is 0.190. The molecule has 0 unspecified atom stereocenters. The summed E-state index contributed by atoms with van der Waals surface area (Å²) in [6, 6.07) is 1.97. The number of aromatic nitrogens is 7. The van der Waals surface area contributed by atoms with Crippen molar-refractivity contribution in [1.82, 2.24) is 33.7 Å². The lowest BCUT2D eigenvalue weighted by atomic mass is 10.2. The SMILES string of the molecule is CN=c1n(C)c2cnc(Nc3cn4ncnc4cc3C)nc2n1CCCOC. The molecule has 0 radical (unpaired) electrons. The van der Waals surface area contributed by atoms with Gasteiger partial charge in [-0.3, -0.25) is 9.56 Å². The molecular weight excluding hydrogens is 358 g/mol. The third-order valence-corrected chi connectivity index (χ3v) is 4.71. The van der Waals surface area contributed by atoms with Crippen molar-refractivity contribution >= 4 is 28.4 Å². The van der Waals surface area contributed by atoms with Gasteiger partial charge in [0.05, 0.1) is 18.1 Å². The number of nitrogens with one attached hydrogen (secondary N) is 1. The van der Waals surface area contributed by atoms with Crippen LogP contribution in [-0.2, 0) is 18.3 Å². The van der Waals surface area contributed by atoms with Crippen LogP contribution in [0.5, 0.6) is 0 Å². The molecule has 4 rings (SSSR count). The van der Waals surface area contributed by atoms with Gasteiger partial charge in [-0.1, -0.05) is 0 Å². The summed E-state index contributed by atoms with van der Waals surface area (Å²) in [5.74, 6) is 0.517. The second kappa shape index (κ2) is 7.39. The molecule has 10 heteroatoms. The number of hydrogen-bond acceptors (Lipinski definition) is 7. The molecule has 0 bridgehead atoms. The lowest BCUT2D eigenvalue weighted by Crippen LogP contribution is -2.24. The molecule has 28 heavy (non-hydrogen) atoms. The average Bonchev–Trinajstić information content (AvgIpc) is 3.24. The van der Waals surface area contributed by atoms with Gasteiger partial charge in [0.15, 0.2) is 11.3 Å². The Bertz CT molecular complexity index is 1200. The van der Waals surface area contributed by atoms with Crippen molar-refractivity contribution < 1.29 is 4.74 Å². The molecule has 0 fully saturated rings. The fraction of sp³-hybridized carbons (Fsp3) is 0.389. The number of fused-ring (bicyclic) bond motifs is 2. The zero-order chi connectivity index (χ0) is 19.7. The van der Waals surface area contributed by atoms with Gasteiger partial charge in [-0.25, -0.2) is 14.5 Å². The molecular formula is C18H23N9O. The second-order valence-electron chi connectivity index (χ2n) is 6.54. The molecule has 0 aliphatic heterocycles. The predicted molar refractivity (Wildman–Crippen MR) is 105 cm³/mol. The smallest absolute Gasteiger partial charge is 0.229 e. The Labute approximate surface area is 161 Å². The summed E-state index contributed by atoms with van der Waals surface area (Å²) in [5.41, 5.74) is 5.31. The van der Waals surface area contributed by atoms with Gasteiger partial charge >= 0.3 is 0 Å². The summed E-state index contributed by atoms with van der Waals surface area (Å²) >= 11 is 0. The number of nitrogens with zero attached hydrogens (tertiary/aromatic N) is 8. The Kier molecular flexibility index (Phi) is 4.78. The Morgan fingerprint density at radius 3 is 2.93 bits per heavy atom. The standard InChI is InChI=1S/C18H23N9O/c1-12-8-15-21-11-22-27(15)10-13(12)23-17-20-9-14-16(24-17)26(6-5-7-28-4)18(19-2)25(14)3/h8-11H,5-7H2,1-4H3,(H,20,23,24). The van der Waals surface area contributed by atoms with Gasteiger partial charge in [-0.2, -0.15) is 10.1 Å². The molecule has 0 spiro atoms. The molecule has 0 saturated heterocycles. The van der Waals surface area contributed by atoms with Crippen LogP contribution in [0.25, 0.3) is 16.8 Å². The molecule has 4 heterocycles. The summed E-state index contributed by atoms with van der Waals surface area (Å²) < 4.78 is 11.0. The summed E-state index contributed by atoms with van der Waals surface area (Å²) in [6.45, 7) is 3.45. The van der Waals surface area contributed by atoms with Crippen LogP contribution < -0.4 is 10.9 Å². The van der Waals surface area contributed by atoms with Crippen molar-refractivity contribution in [3.8, 4) is 0 Å². The van der Waals surface area contributed by atoms with E-state index in [0.29, 0.717) is 12.6 Å². The van der Waals surface area contributed by atoms with Crippen LogP contribution in [0.3, 0.4) is 0 Å². The maximum atomic E-state index is 5.19. The first kappa shape index (κ1) is 18.1. The fourth-order valence-corrected chi connectivity index (χ4v) is 3.30. The van der Waals surface area contributed by atoms with Gasteiger partial charge in [0.25, 0.3) is 0 Å². The van der Waals surface area contributed by atoms with Crippen molar-refractivity contribution in [2.45, 2.75) is 19.9 Å². The summed E-state index contributed by atoms with van der Waals surface area (Å²) in [6.07, 6.45) is 6.10. The molecule has 10 nitrogen and oxygen atoms in total. The number of aryl methyl sites for hydroxylation is 3. The highest BCUT2D eigenvalue weighted by molar-refractivity contribution is 5.73. The number of hydrogen-bond donors (Lipinski definition) is 1. The van der Waals surface area contributed by atoms with Gasteiger partial charge in [-0.15, -0.1) is 0 Å². The van der Waals surface area contributed by atoms with E-state index in [9.17, 15) is 0 Å². The van der Waals surface area contributed by atoms with Crippen LogP contribution in [0, 0.1) is 6.92 Å². The van der Waals surface area contributed by atoms with E-state index in [1.54, 1.807) is 18.7 Å². The van der Waals surface area contributed by atoms with E-state index in [1.807, 2.05) is 37.0 Å². The van der Waals surface area contributed by atoms with Crippen LogP contribution in [0.15, 0.2) is 29.8 Å². The van der Waals surface area contributed by atoms with E-state index in [2.05, 4.69) is 29.9 Å². The minimum absolute atomic E-state index is 0.517. The molecule has 0 aliphatic carbocycles. The molecule has 0 aromatic carbocycles. The first-order valence-electron chi connectivity index (χ1n) is 9.03. The molecule has 4 aromatic heterocycles. The molecule has 1 N–H and O–H groups in total. The fourth-order valence-electron chi connectivity index (χ4n) is 3.30. The van der Waals surface area contributed by atoms with E-state index >= 15 is 0 Å². The average molecular weight is 381 g/mol. The number of anilines is 2. The van der Waals surface area contributed by atoms with Gasteiger partial charge in [0.2, 0.25) is 11.6 Å². The number of ether oxygens (including phenoxy) is 1. The van der Waals surface area contributed by atoms with Crippen LogP contribution in [0.4, 0.5) is 11.6 Å². The number of rotatable bonds is 6. The number of methoxy groups -OCH3 is 1. The predicted octanol–water partition coefficient (Wildman–Crippen LogP) is 1.43. The van der Waals surface area contributed by atoms with E-state index in [4.69, 9.17) is 9.72 Å². The molecule has 0 saturated carbocycles. The zero-order valence-corrected chi connectivity index (χ0v) is 16.4. The topological polar surface area (TPSA) is 99.5 Å². The van der Waals surface area contributed by atoms with E-state index in [1.165, 1.54) is 6.33 Å². The first-order valence-corrected chi connectivity index (χ1v) is 9.03. The second-order valence-corrected chi connectivity index (χ2v) is 6.54. The number of imidazole rings is 1. The van der Waals surface area contributed by atoms with Crippen LogP contribution in [-0.4, -0.2) is 54.5 Å². The molecule has 0 aliphatic rings. The Morgan fingerprint density at radius 1 is 1.29 bits per heavy atom. The van der Waals surface area contributed by atoms with Gasteiger partial charge in [0, 0.05) is 34.4 Å². The van der Waals surface area contributed by atoms with Crippen LogP contribution in [0.2, 0.25) is 0 Å². The third kappa shape index (κ3) is 3.11.